The summed E-state index contributed by atoms with van der Waals surface area (Å²) in [4.78, 5) is 0. The average Bonchev–Trinajstić information content (AvgIpc) is 3.10. The monoisotopic (exact) mass is 620 g/mol. The number of nitrogens with zero attached hydrogens (tertiary/aromatic N) is 4. The van der Waals surface area contributed by atoms with Gasteiger partial charge in [-0.3, -0.25) is 0 Å². The summed E-state index contributed by atoms with van der Waals surface area (Å²) in [5, 5.41) is 9.20. The van der Waals surface area contributed by atoms with Crippen LogP contribution < -0.4 is 0 Å². The van der Waals surface area contributed by atoms with Crippen LogP contribution in [0.5, 0.6) is 0 Å². The third-order valence-corrected chi connectivity index (χ3v) is 9.54. The fourth-order valence-corrected chi connectivity index (χ4v) is 4.36. The van der Waals surface area contributed by atoms with Gasteiger partial charge in [-0.05, 0) is 43.9 Å². The summed E-state index contributed by atoms with van der Waals surface area (Å²) in [6.07, 6.45) is 3.49. The van der Waals surface area contributed by atoms with E-state index < -0.39 is 16.1 Å². The van der Waals surface area contributed by atoms with Crippen LogP contribution in [-0.2, 0) is 22.9 Å². The predicted octanol–water partition coefficient (Wildman–Crippen LogP) is 7.22. The summed E-state index contributed by atoms with van der Waals surface area (Å²) in [5.41, 5.74) is 0. The van der Waals surface area contributed by atoms with Crippen molar-refractivity contribution < 1.29 is 9.47 Å². The highest BCUT2D eigenvalue weighted by molar-refractivity contribution is 9.10. The predicted molar refractivity (Wildman–Crippen MR) is 138 cm³/mol. The maximum atomic E-state index is 5.96. The standard InChI is InChI=1S/2C9H16BrClN2OSi/c1-15(2,3)5-4-14-7-13-6-8(10)9(11)12-13;1-15(2,3)5-4-14-7-13-9(11)8(10)6-12-13/h2*6H,4-5,7H2,1-3H3. The molecule has 2 aromatic rings. The van der Waals surface area contributed by atoms with E-state index >= 15 is 0 Å². The number of hydrogen-bond donors (Lipinski definition) is 0. The first-order chi connectivity index (χ1) is 13.8. The lowest BCUT2D eigenvalue weighted by atomic mass is 10.7. The summed E-state index contributed by atoms with van der Waals surface area (Å²) in [6, 6.07) is 2.33. The van der Waals surface area contributed by atoms with Crippen LogP contribution in [0.2, 0.25) is 61.7 Å². The van der Waals surface area contributed by atoms with Gasteiger partial charge in [-0.1, -0.05) is 62.5 Å². The van der Waals surface area contributed by atoms with Crippen molar-refractivity contribution >= 4 is 71.2 Å². The van der Waals surface area contributed by atoms with Gasteiger partial charge < -0.3 is 9.47 Å². The van der Waals surface area contributed by atoms with Crippen molar-refractivity contribution in [2.45, 2.75) is 64.8 Å². The van der Waals surface area contributed by atoms with Gasteiger partial charge in [0.25, 0.3) is 0 Å². The highest BCUT2D eigenvalue weighted by atomic mass is 79.9. The van der Waals surface area contributed by atoms with Crippen molar-refractivity contribution in [3.63, 3.8) is 0 Å². The maximum absolute atomic E-state index is 5.96. The van der Waals surface area contributed by atoms with E-state index in [1.165, 1.54) is 6.04 Å². The molecule has 0 aliphatic carbocycles. The molecule has 6 nitrogen and oxygen atoms in total. The zero-order chi connectivity index (χ0) is 22.9. The SMILES string of the molecule is C[Si](C)(C)CCOCn1cc(Br)c(Cl)n1.C[Si](C)(C)CCOCn1ncc(Br)c1Cl. The first-order valence-corrected chi connectivity index (χ1v) is 19.4. The van der Waals surface area contributed by atoms with Gasteiger partial charge in [-0.15, -0.1) is 0 Å². The van der Waals surface area contributed by atoms with E-state index in [1.807, 2.05) is 6.20 Å². The Bertz CT molecular complexity index is 758. The molecule has 2 aromatic heterocycles. The first kappa shape index (κ1) is 28.3. The van der Waals surface area contributed by atoms with Crippen LogP contribution in [-0.4, -0.2) is 48.9 Å². The molecule has 2 rings (SSSR count). The lowest BCUT2D eigenvalue weighted by molar-refractivity contribution is 0.0785. The van der Waals surface area contributed by atoms with Gasteiger partial charge in [0.15, 0.2) is 5.15 Å². The number of rotatable bonds is 10. The maximum Gasteiger partial charge on any atom is 0.165 e. The molecule has 0 saturated carbocycles. The van der Waals surface area contributed by atoms with Crippen LogP contribution >= 0.6 is 55.1 Å². The molecular weight excluding hydrogens is 591 g/mol. The summed E-state index contributed by atoms with van der Waals surface area (Å²) in [6.45, 7) is 16.4. The summed E-state index contributed by atoms with van der Waals surface area (Å²) >= 11 is 18.3. The van der Waals surface area contributed by atoms with Gasteiger partial charge in [0.05, 0.1) is 15.1 Å². The normalized spacial score (nSPS) is 12.1. The van der Waals surface area contributed by atoms with Crippen LogP contribution in [0.1, 0.15) is 0 Å². The molecule has 172 valence electrons. The molecule has 0 N–H and O–H groups in total. The Morgan fingerprint density at radius 3 is 1.83 bits per heavy atom. The van der Waals surface area contributed by atoms with Crippen molar-refractivity contribution in [2.24, 2.45) is 0 Å². The third kappa shape index (κ3) is 12.4. The van der Waals surface area contributed by atoms with E-state index in [4.69, 9.17) is 32.7 Å². The molecule has 0 aliphatic rings. The van der Waals surface area contributed by atoms with Crippen LogP contribution in [0.25, 0.3) is 0 Å². The molecule has 2 heterocycles. The van der Waals surface area contributed by atoms with Gasteiger partial charge >= 0.3 is 0 Å². The van der Waals surface area contributed by atoms with Crippen molar-refractivity contribution in [3.05, 3.63) is 31.6 Å². The minimum atomic E-state index is -1.00. The molecule has 0 saturated heterocycles. The Hall–Kier alpha value is 0.314. The molecule has 0 spiro atoms. The van der Waals surface area contributed by atoms with E-state index in [0.29, 0.717) is 23.8 Å². The summed E-state index contributed by atoms with van der Waals surface area (Å²) in [7, 11) is -1.99. The minimum Gasteiger partial charge on any atom is -0.360 e. The van der Waals surface area contributed by atoms with Crippen molar-refractivity contribution in [3.8, 4) is 0 Å². The molecule has 12 heteroatoms. The Morgan fingerprint density at radius 1 is 0.900 bits per heavy atom. The zero-order valence-electron chi connectivity index (χ0n) is 18.5. The molecule has 0 radical (unpaired) electrons. The average molecular weight is 623 g/mol. The van der Waals surface area contributed by atoms with Crippen molar-refractivity contribution in [1.29, 1.82) is 0 Å². The fraction of sp³-hybridized carbons (Fsp3) is 0.667. The summed E-state index contributed by atoms with van der Waals surface area (Å²) < 4.78 is 16.0. The fourth-order valence-electron chi connectivity index (χ4n) is 1.94. The van der Waals surface area contributed by atoms with Crippen molar-refractivity contribution in [1.82, 2.24) is 19.6 Å². The van der Waals surface area contributed by atoms with Gasteiger partial charge in [0.2, 0.25) is 0 Å². The number of hydrogen-bond acceptors (Lipinski definition) is 4. The highest BCUT2D eigenvalue weighted by Crippen LogP contribution is 2.21. The smallest absolute Gasteiger partial charge is 0.165 e. The molecule has 0 aromatic carbocycles. The lowest BCUT2D eigenvalue weighted by Gasteiger charge is -2.15. The second-order valence-corrected chi connectivity index (χ2v) is 23.0. The Morgan fingerprint density at radius 2 is 1.43 bits per heavy atom. The van der Waals surface area contributed by atoms with Gasteiger partial charge in [0, 0.05) is 35.6 Å². The second kappa shape index (κ2) is 13.1. The number of ether oxygens (including phenoxy) is 2. The molecule has 0 bridgehead atoms. The van der Waals surface area contributed by atoms with E-state index in [1.54, 1.807) is 15.6 Å². The van der Waals surface area contributed by atoms with E-state index in [-0.39, 0.29) is 0 Å². The van der Waals surface area contributed by atoms with Gasteiger partial charge in [0.1, 0.15) is 18.6 Å². The van der Waals surface area contributed by atoms with E-state index in [9.17, 15) is 0 Å². The number of halogens is 4. The Labute approximate surface area is 208 Å². The van der Waals surface area contributed by atoms with Crippen LogP contribution in [0.15, 0.2) is 21.3 Å². The van der Waals surface area contributed by atoms with Crippen LogP contribution in [0.4, 0.5) is 0 Å². The molecule has 0 fully saturated rings. The van der Waals surface area contributed by atoms with Gasteiger partial charge in [-0.25, -0.2) is 9.36 Å². The van der Waals surface area contributed by atoms with E-state index in [0.717, 1.165) is 28.2 Å². The first-order valence-electron chi connectivity index (χ1n) is 9.69. The van der Waals surface area contributed by atoms with Crippen LogP contribution in [0.3, 0.4) is 0 Å². The third-order valence-electron chi connectivity index (χ3n) is 3.84. The molecule has 0 unspecified atom stereocenters. The Kier molecular flexibility index (Phi) is 12.4. The molecule has 0 amide bonds. The molecule has 0 aliphatic heterocycles. The van der Waals surface area contributed by atoms with Gasteiger partial charge in [-0.2, -0.15) is 10.2 Å². The Balaban J connectivity index is 0.000000300. The summed E-state index contributed by atoms with van der Waals surface area (Å²) in [5.74, 6) is 0. The molecular formula is C18H32Br2Cl2N4O2Si2. The second-order valence-electron chi connectivity index (χ2n) is 9.29. The largest absolute Gasteiger partial charge is 0.360 e. The number of aromatic nitrogens is 4. The van der Waals surface area contributed by atoms with Crippen LogP contribution in [0, 0.1) is 0 Å². The minimum absolute atomic E-state index is 0.426. The zero-order valence-corrected chi connectivity index (χ0v) is 25.2. The van der Waals surface area contributed by atoms with Crippen molar-refractivity contribution in [2.75, 3.05) is 13.2 Å². The van der Waals surface area contributed by atoms with E-state index in [2.05, 4.69) is 81.3 Å². The quantitative estimate of drug-likeness (QED) is 0.207. The topological polar surface area (TPSA) is 54.1 Å². The molecule has 30 heavy (non-hydrogen) atoms. The molecule has 0 atom stereocenters. The lowest BCUT2D eigenvalue weighted by Crippen LogP contribution is -2.22. The highest BCUT2D eigenvalue weighted by Gasteiger charge is 2.13.